The molecule has 0 atom stereocenters. The number of carbonyl (C=O) groups is 1. The van der Waals surface area contributed by atoms with E-state index in [1.165, 1.54) is 10.4 Å². The van der Waals surface area contributed by atoms with E-state index in [2.05, 4.69) is 10.3 Å². The van der Waals surface area contributed by atoms with Gasteiger partial charge in [-0.2, -0.15) is 4.31 Å². The number of morpholine rings is 1. The molecule has 1 saturated heterocycles. The lowest BCUT2D eigenvalue weighted by Gasteiger charge is -2.26. The third-order valence-electron chi connectivity index (χ3n) is 4.51. The molecule has 1 fully saturated rings. The standard InChI is InChI=1S/C19H23FN4O4S/c1-23(2)18-6-3-14(12-21-18)13-22-19(25)16-11-15(4-5-17(16)20)29(26,27)24-7-9-28-10-8-24/h3-6,11-12H,7-10,13H2,1-2H3,(H,22,25). The molecule has 0 bridgehead atoms. The van der Waals surface area contributed by atoms with Crippen molar-refractivity contribution in [2.75, 3.05) is 45.3 Å². The normalized spacial score (nSPS) is 15.1. The Morgan fingerprint density at radius 1 is 1.24 bits per heavy atom. The van der Waals surface area contributed by atoms with Gasteiger partial charge in [-0.25, -0.2) is 17.8 Å². The number of nitrogens with one attached hydrogen (secondary N) is 1. The van der Waals surface area contributed by atoms with Crippen LogP contribution in [0.2, 0.25) is 0 Å². The second-order valence-corrected chi connectivity index (χ2v) is 8.70. The monoisotopic (exact) mass is 422 g/mol. The fourth-order valence-electron chi connectivity index (χ4n) is 2.84. The van der Waals surface area contributed by atoms with Crippen LogP contribution in [-0.4, -0.2) is 64.0 Å². The van der Waals surface area contributed by atoms with Gasteiger partial charge in [-0.05, 0) is 29.8 Å². The Balaban J connectivity index is 1.74. The summed E-state index contributed by atoms with van der Waals surface area (Å²) in [6.07, 6.45) is 1.62. The van der Waals surface area contributed by atoms with Gasteiger partial charge in [0, 0.05) is 39.9 Å². The molecule has 0 saturated carbocycles. The minimum atomic E-state index is -3.82. The van der Waals surface area contributed by atoms with Gasteiger partial charge < -0.3 is 15.0 Å². The summed E-state index contributed by atoms with van der Waals surface area (Å²) in [5, 5.41) is 2.60. The van der Waals surface area contributed by atoms with Crippen LogP contribution in [0.25, 0.3) is 0 Å². The van der Waals surface area contributed by atoms with Gasteiger partial charge in [-0.15, -0.1) is 0 Å². The van der Waals surface area contributed by atoms with E-state index < -0.39 is 21.7 Å². The number of amides is 1. The van der Waals surface area contributed by atoms with Crippen molar-refractivity contribution in [1.29, 1.82) is 0 Å². The van der Waals surface area contributed by atoms with Crippen molar-refractivity contribution in [3.63, 3.8) is 0 Å². The first-order valence-electron chi connectivity index (χ1n) is 9.07. The molecule has 1 aliphatic rings. The van der Waals surface area contributed by atoms with Crippen LogP contribution in [-0.2, 0) is 21.3 Å². The highest BCUT2D eigenvalue weighted by atomic mass is 32.2. The van der Waals surface area contributed by atoms with E-state index in [4.69, 9.17) is 4.74 Å². The van der Waals surface area contributed by atoms with Crippen LogP contribution in [0.4, 0.5) is 10.2 Å². The third kappa shape index (κ3) is 4.89. The van der Waals surface area contributed by atoms with E-state index in [1.54, 1.807) is 18.3 Å². The number of sulfonamides is 1. The predicted octanol–water partition coefficient (Wildman–Crippen LogP) is 1.24. The highest BCUT2D eigenvalue weighted by Crippen LogP contribution is 2.20. The third-order valence-corrected chi connectivity index (χ3v) is 6.41. The quantitative estimate of drug-likeness (QED) is 0.753. The lowest BCUT2D eigenvalue weighted by molar-refractivity contribution is 0.0730. The number of nitrogens with zero attached hydrogens (tertiary/aromatic N) is 3. The van der Waals surface area contributed by atoms with Gasteiger partial charge in [0.2, 0.25) is 10.0 Å². The molecule has 1 aromatic carbocycles. The molecule has 0 aliphatic carbocycles. The number of anilines is 1. The zero-order valence-corrected chi connectivity index (χ0v) is 17.1. The number of pyridine rings is 1. The molecule has 2 heterocycles. The van der Waals surface area contributed by atoms with Gasteiger partial charge in [0.1, 0.15) is 11.6 Å². The Kier molecular flexibility index (Phi) is 6.46. The molecule has 29 heavy (non-hydrogen) atoms. The molecule has 0 spiro atoms. The van der Waals surface area contributed by atoms with Crippen LogP contribution in [0, 0.1) is 5.82 Å². The van der Waals surface area contributed by atoms with E-state index in [-0.39, 0.29) is 30.1 Å². The topological polar surface area (TPSA) is 91.8 Å². The number of carbonyl (C=O) groups excluding carboxylic acids is 1. The number of rotatable bonds is 6. The smallest absolute Gasteiger partial charge is 0.254 e. The summed E-state index contributed by atoms with van der Waals surface area (Å²) in [7, 11) is -0.0917. The Hall–Kier alpha value is -2.56. The van der Waals surface area contributed by atoms with Crippen molar-refractivity contribution >= 4 is 21.7 Å². The first-order chi connectivity index (χ1) is 13.8. The van der Waals surface area contributed by atoms with Crippen molar-refractivity contribution in [2.45, 2.75) is 11.4 Å². The Morgan fingerprint density at radius 3 is 2.59 bits per heavy atom. The zero-order valence-electron chi connectivity index (χ0n) is 16.3. The lowest BCUT2D eigenvalue weighted by Crippen LogP contribution is -2.40. The SMILES string of the molecule is CN(C)c1ccc(CNC(=O)c2cc(S(=O)(=O)N3CCOCC3)ccc2F)cn1. The summed E-state index contributed by atoms with van der Waals surface area (Å²) in [6, 6.07) is 6.84. The van der Waals surface area contributed by atoms with Gasteiger partial charge >= 0.3 is 0 Å². The second-order valence-electron chi connectivity index (χ2n) is 6.76. The van der Waals surface area contributed by atoms with Gasteiger partial charge in [0.05, 0.1) is 23.7 Å². The van der Waals surface area contributed by atoms with Crippen molar-refractivity contribution in [3.8, 4) is 0 Å². The van der Waals surface area contributed by atoms with Gasteiger partial charge in [-0.3, -0.25) is 4.79 Å². The average molecular weight is 422 g/mol. The second kappa shape index (κ2) is 8.85. The van der Waals surface area contributed by atoms with Gasteiger partial charge in [-0.1, -0.05) is 6.07 Å². The zero-order chi connectivity index (χ0) is 21.0. The number of halogens is 1. The van der Waals surface area contributed by atoms with Crippen molar-refractivity contribution < 1.29 is 22.3 Å². The van der Waals surface area contributed by atoms with Crippen LogP contribution >= 0.6 is 0 Å². The maximum absolute atomic E-state index is 14.2. The van der Waals surface area contributed by atoms with Crippen molar-refractivity contribution in [2.24, 2.45) is 0 Å². The molecule has 2 aromatic rings. The highest BCUT2D eigenvalue weighted by Gasteiger charge is 2.27. The van der Waals surface area contributed by atoms with E-state index in [0.29, 0.717) is 13.2 Å². The van der Waals surface area contributed by atoms with E-state index in [9.17, 15) is 17.6 Å². The van der Waals surface area contributed by atoms with Crippen molar-refractivity contribution in [3.05, 3.63) is 53.5 Å². The molecule has 1 aliphatic heterocycles. The Morgan fingerprint density at radius 2 is 1.97 bits per heavy atom. The fourth-order valence-corrected chi connectivity index (χ4v) is 4.27. The number of hydrogen-bond donors (Lipinski definition) is 1. The molecule has 0 unspecified atom stereocenters. The Bertz CT molecular complexity index is 974. The molecule has 1 aromatic heterocycles. The molecule has 1 amide bonds. The van der Waals surface area contributed by atoms with Crippen LogP contribution in [0.3, 0.4) is 0 Å². The maximum atomic E-state index is 14.2. The summed E-state index contributed by atoms with van der Waals surface area (Å²) in [5.74, 6) is -0.713. The van der Waals surface area contributed by atoms with Crippen LogP contribution < -0.4 is 10.2 Å². The summed E-state index contributed by atoms with van der Waals surface area (Å²) in [4.78, 5) is 18.4. The summed E-state index contributed by atoms with van der Waals surface area (Å²) < 4.78 is 46.1. The molecular weight excluding hydrogens is 399 g/mol. The van der Waals surface area contributed by atoms with Gasteiger partial charge in [0.15, 0.2) is 0 Å². The number of ether oxygens (including phenoxy) is 1. The number of aromatic nitrogens is 1. The first-order valence-corrected chi connectivity index (χ1v) is 10.5. The van der Waals surface area contributed by atoms with Crippen LogP contribution in [0.15, 0.2) is 41.4 Å². The highest BCUT2D eigenvalue weighted by molar-refractivity contribution is 7.89. The molecule has 0 radical (unpaired) electrons. The summed E-state index contributed by atoms with van der Waals surface area (Å²) in [6.45, 7) is 1.18. The minimum absolute atomic E-state index is 0.122. The van der Waals surface area contributed by atoms with Crippen molar-refractivity contribution in [1.82, 2.24) is 14.6 Å². The predicted molar refractivity (Wildman–Crippen MR) is 106 cm³/mol. The van der Waals surface area contributed by atoms with E-state index in [1.807, 2.05) is 19.0 Å². The maximum Gasteiger partial charge on any atom is 0.254 e. The van der Waals surface area contributed by atoms with E-state index >= 15 is 0 Å². The number of benzene rings is 1. The van der Waals surface area contributed by atoms with Crippen LogP contribution in [0.1, 0.15) is 15.9 Å². The summed E-state index contributed by atoms with van der Waals surface area (Å²) in [5.41, 5.74) is 0.415. The largest absolute Gasteiger partial charge is 0.379 e. The molecule has 156 valence electrons. The molecular formula is C19H23FN4O4S. The van der Waals surface area contributed by atoms with Gasteiger partial charge in [0.25, 0.3) is 5.91 Å². The average Bonchev–Trinajstić information content (AvgIpc) is 2.73. The molecule has 3 rings (SSSR count). The first kappa shape index (κ1) is 21.2. The molecule has 8 nitrogen and oxygen atoms in total. The molecule has 10 heteroatoms. The Labute approximate surface area is 169 Å². The minimum Gasteiger partial charge on any atom is -0.379 e. The molecule has 1 N–H and O–H groups in total. The van der Waals surface area contributed by atoms with E-state index in [0.717, 1.165) is 23.5 Å². The lowest BCUT2D eigenvalue weighted by atomic mass is 10.2. The fraction of sp³-hybridized carbons (Fsp3) is 0.368. The summed E-state index contributed by atoms with van der Waals surface area (Å²) >= 11 is 0. The van der Waals surface area contributed by atoms with Crippen LogP contribution in [0.5, 0.6) is 0 Å². The number of hydrogen-bond acceptors (Lipinski definition) is 6.